The average molecular weight is 1170 g/mol. The van der Waals surface area contributed by atoms with Gasteiger partial charge in [0, 0.05) is 12.8 Å². The zero-order valence-corrected chi connectivity index (χ0v) is 56.5. The Morgan fingerprint density at radius 2 is 0.566 bits per heavy atom. The predicted molar refractivity (Wildman–Crippen MR) is 366 cm³/mol. The van der Waals surface area contributed by atoms with Crippen LogP contribution in [0.2, 0.25) is 0 Å². The monoisotopic (exact) mass is 1170 g/mol. The minimum atomic E-state index is -0.838. The summed E-state index contributed by atoms with van der Waals surface area (Å²) in [6.07, 6.45) is 93.1. The molecule has 0 bridgehead atoms. The number of allylic oxidation sites excluding steroid dienone is 3. The minimum absolute atomic E-state index is 0.0210. The van der Waals surface area contributed by atoms with Crippen LogP contribution in [-0.4, -0.2) is 47.4 Å². The molecule has 492 valence electrons. The molecular formula is C77H149NO5. The first-order valence-electron chi connectivity index (χ1n) is 38.1. The topological polar surface area (TPSA) is 95.9 Å². The molecule has 0 heterocycles. The lowest BCUT2D eigenvalue weighted by atomic mass is 10.0. The Morgan fingerprint density at radius 1 is 0.325 bits per heavy atom. The van der Waals surface area contributed by atoms with Crippen molar-refractivity contribution in [3.63, 3.8) is 0 Å². The number of hydrogen-bond donors (Lipinski definition) is 3. The van der Waals surface area contributed by atoms with Crippen molar-refractivity contribution in [3.05, 3.63) is 24.3 Å². The molecule has 0 aromatic carbocycles. The maximum atomic E-state index is 12.4. The number of amides is 1. The Kier molecular flexibility index (Phi) is 71.4. The first kappa shape index (κ1) is 81.3. The van der Waals surface area contributed by atoms with Gasteiger partial charge in [-0.05, 0) is 57.8 Å². The van der Waals surface area contributed by atoms with E-state index >= 15 is 0 Å². The number of esters is 1. The van der Waals surface area contributed by atoms with Crippen LogP contribution in [0.4, 0.5) is 0 Å². The molecule has 0 rings (SSSR count). The number of ether oxygens (including phenoxy) is 1. The zero-order chi connectivity index (χ0) is 59.9. The molecule has 0 aliphatic heterocycles. The summed E-state index contributed by atoms with van der Waals surface area (Å²) in [4.78, 5) is 24.6. The van der Waals surface area contributed by atoms with E-state index in [1.165, 1.54) is 366 Å². The summed E-state index contributed by atoms with van der Waals surface area (Å²) in [6.45, 7) is 4.93. The van der Waals surface area contributed by atoms with E-state index in [9.17, 15) is 19.8 Å². The van der Waals surface area contributed by atoms with E-state index in [1.807, 2.05) is 6.08 Å². The van der Waals surface area contributed by atoms with E-state index in [2.05, 4.69) is 31.3 Å². The third kappa shape index (κ3) is 69.3. The van der Waals surface area contributed by atoms with Gasteiger partial charge < -0.3 is 20.3 Å². The molecule has 6 nitrogen and oxygen atoms in total. The summed E-state index contributed by atoms with van der Waals surface area (Å²) in [6, 6.07) is -0.621. The fourth-order valence-corrected chi connectivity index (χ4v) is 12.2. The van der Waals surface area contributed by atoms with Crippen LogP contribution < -0.4 is 5.32 Å². The Hall–Kier alpha value is -1.66. The lowest BCUT2D eigenvalue weighted by molar-refractivity contribution is -0.143. The molecule has 0 fully saturated rings. The van der Waals surface area contributed by atoms with Gasteiger partial charge in [-0.25, -0.2) is 0 Å². The van der Waals surface area contributed by atoms with Gasteiger partial charge in [0.05, 0.1) is 25.4 Å². The minimum Gasteiger partial charge on any atom is -0.466 e. The van der Waals surface area contributed by atoms with Crippen LogP contribution in [0.5, 0.6) is 0 Å². The molecular weight excluding hydrogens is 1020 g/mol. The number of hydrogen-bond acceptors (Lipinski definition) is 5. The second-order valence-electron chi connectivity index (χ2n) is 26.3. The number of nitrogens with one attached hydrogen (secondary N) is 1. The van der Waals surface area contributed by atoms with Crippen molar-refractivity contribution in [1.29, 1.82) is 0 Å². The molecule has 0 aromatic rings. The largest absolute Gasteiger partial charge is 0.466 e. The first-order chi connectivity index (χ1) is 41.0. The molecule has 83 heavy (non-hydrogen) atoms. The molecule has 0 saturated heterocycles. The lowest BCUT2D eigenvalue weighted by Crippen LogP contribution is -2.45. The number of aliphatic hydroxyl groups is 2. The molecule has 1 amide bonds. The van der Waals surface area contributed by atoms with Crippen molar-refractivity contribution < 1.29 is 24.5 Å². The van der Waals surface area contributed by atoms with Crippen LogP contribution in [0.1, 0.15) is 431 Å². The maximum Gasteiger partial charge on any atom is 0.305 e. The zero-order valence-electron chi connectivity index (χ0n) is 56.5. The van der Waals surface area contributed by atoms with E-state index in [0.29, 0.717) is 19.4 Å². The SMILES string of the molecule is CCCCCCCCC/C=C\CCCCCCCCCC(=O)OCCCCCCCCCCCCCCCCCCCCCCCCCCCCCCCCCCCCCCCC(=O)NC(CO)C(O)/C=C/CCCCCCCCCCC. The van der Waals surface area contributed by atoms with Gasteiger partial charge in [0.2, 0.25) is 5.91 Å². The average Bonchev–Trinajstić information content (AvgIpc) is 3.49. The highest BCUT2D eigenvalue weighted by Gasteiger charge is 2.18. The fourth-order valence-electron chi connectivity index (χ4n) is 12.2. The van der Waals surface area contributed by atoms with Gasteiger partial charge in [0.1, 0.15) is 0 Å². The summed E-state index contributed by atoms with van der Waals surface area (Å²) < 4.78 is 5.51. The van der Waals surface area contributed by atoms with Crippen molar-refractivity contribution in [3.8, 4) is 0 Å². The lowest BCUT2D eigenvalue weighted by Gasteiger charge is -2.20. The normalized spacial score (nSPS) is 12.6. The van der Waals surface area contributed by atoms with E-state index in [4.69, 9.17) is 4.74 Å². The summed E-state index contributed by atoms with van der Waals surface area (Å²) in [7, 11) is 0. The Bertz CT molecular complexity index is 1300. The Morgan fingerprint density at radius 3 is 0.855 bits per heavy atom. The third-order valence-electron chi connectivity index (χ3n) is 18.0. The Balaban J connectivity index is 3.28. The van der Waals surface area contributed by atoms with Crippen LogP contribution in [0.25, 0.3) is 0 Å². The molecule has 2 unspecified atom stereocenters. The number of carbonyl (C=O) groups is 2. The summed E-state index contributed by atoms with van der Waals surface area (Å²) >= 11 is 0. The maximum absolute atomic E-state index is 12.4. The number of aliphatic hydroxyl groups excluding tert-OH is 2. The molecule has 0 aliphatic carbocycles. The summed E-state index contributed by atoms with van der Waals surface area (Å²) in [5.74, 6) is -0.0405. The first-order valence-corrected chi connectivity index (χ1v) is 38.1. The highest BCUT2D eigenvalue weighted by molar-refractivity contribution is 5.76. The van der Waals surface area contributed by atoms with Gasteiger partial charge >= 0.3 is 5.97 Å². The third-order valence-corrected chi connectivity index (χ3v) is 18.0. The van der Waals surface area contributed by atoms with Gasteiger partial charge in [-0.1, -0.05) is 385 Å². The number of unbranched alkanes of at least 4 members (excludes halogenated alkanes) is 59. The van der Waals surface area contributed by atoms with E-state index in [-0.39, 0.29) is 18.5 Å². The van der Waals surface area contributed by atoms with Gasteiger partial charge in [-0.2, -0.15) is 0 Å². The van der Waals surface area contributed by atoms with Crippen LogP contribution in [0.3, 0.4) is 0 Å². The van der Waals surface area contributed by atoms with Gasteiger partial charge in [-0.3, -0.25) is 9.59 Å². The highest BCUT2D eigenvalue weighted by atomic mass is 16.5. The molecule has 6 heteroatoms. The molecule has 0 radical (unpaired) electrons. The summed E-state index contributed by atoms with van der Waals surface area (Å²) in [5, 5.41) is 23.1. The predicted octanol–water partition coefficient (Wildman–Crippen LogP) is 24.9. The van der Waals surface area contributed by atoms with Gasteiger partial charge in [-0.15, -0.1) is 0 Å². The van der Waals surface area contributed by atoms with Crippen molar-refractivity contribution in [2.24, 2.45) is 0 Å². The molecule has 3 N–H and O–H groups in total. The van der Waals surface area contributed by atoms with Crippen LogP contribution in [0.15, 0.2) is 24.3 Å². The van der Waals surface area contributed by atoms with Gasteiger partial charge in [0.25, 0.3) is 0 Å². The standard InChI is InChI=1S/C77H149NO5/c1-3-5-7-9-11-13-15-16-17-18-41-44-47-51-55-59-63-67-71-77(82)83-72-68-64-60-56-52-48-45-42-39-37-35-33-31-29-27-25-23-21-19-20-22-24-26-28-30-32-34-36-38-40-43-46-50-54-58-62-66-70-76(81)78-74(73-79)75(80)69-65-61-57-53-49-14-12-10-8-6-4-2/h17-18,65,69,74-75,79-80H,3-16,19-64,66-68,70-73H2,1-2H3,(H,78,81)/b18-17-,69-65+. The van der Waals surface area contributed by atoms with E-state index in [1.54, 1.807) is 6.08 Å². The smallest absolute Gasteiger partial charge is 0.305 e. The second-order valence-corrected chi connectivity index (χ2v) is 26.3. The van der Waals surface area contributed by atoms with Crippen LogP contribution in [-0.2, 0) is 14.3 Å². The van der Waals surface area contributed by atoms with Crippen molar-refractivity contribution in [2.75, 3.05) is 13.2 Å². The molecule has 2 atom stereocenters. The van der Waals surface area contributed by atoms with Crippen LogP contribution in [0, 0.1) is 0 Å². The van der Waals surface area contributed by atoms with Crippen LogP contribution >= 0.6 is 0 Å². The van der Waals surface area contributed by atoms with E-state index in [0.717, 1.165) is 38.5 Å². The molecule has 0 aliphatic rings. The molecule has 0 spiro atoms. The highest BCUT2D eigenvalue weighted by Crippen LogP contribution is 2.20. The van der Waals surface area contributed by atoms with E-state index < -0.39 is 12.1 Å². The number of carbonyl (C=O) groups excluding carboxylic acids is 2. The molecule has 0 saturated carbocycles. The quantitative estimate of drug-likeness (QED) is 0.0320. The Labute approximate surface area is 520 Å². The fraction of sp³-hybridized carbons (Fsp3) is 0.922. The second kappa shape index (κ2) is 72.8. The van der Waals surface area contributed by atoms with Crippen molar-refractivity contribution in [1.82, 2.24) is 5.32 Å². The van der Waals surface area contributed by atoms with Crippen molar-refractivity contribution >= 4 is 11.9 Å². The van der Waals surface area contributed by atoms with Gasteiger partial charge in [0.15, 0.2) is 0 Å². The molecule has 0 aromatic heterocycles. The van der Waals surface area contributed by atoms with Crippen molar-refractivity contribution in [2.45, 2.75) is 443 Å². The number of rotatable bonds is 72. The summed E-state index contributed by atoms with van der Waals surface area (Å²) in [5.41, 5.74) is 0.